The second kappa shape index (κ2) is 3.94. The average molecular weight is 173 g/mol. The van der Waals surface area contributed by atoms with Gasteiger partial charge in [-0.1, -0.05) is 0 Å². The van der Waals surface area contributed by atoms with Gasteiger partial charge in [-0.15, -0.1) is 11.6 Å². The minimum atomic E-state index is -0.348. The van der Waals surface area contributed by atoms with E-state index >= 15 is 0 Å². The van der Waals surface area contributed by atoms with Crippen molar-refractivity contribution < 1.29 is 0 Å². The molecule has 0 aromatic carbocycles. The molecule has 0 aromatic rings. The highest BCUT2D eigenvalue weighted by atomic mass is 35.5. The molecule has 0 saturated heterocycles. The van der Waals surface area contributed by atoms with Crippen LogP contribution in [-0.4, -0.2) is 30.4 Å². The third-order valence-corrected chi connectivity index (χ3v) is 2.11. The number of halogens is 1. The zero-order chi connectivity index (χ0) is 8.27. The lowest BCUT2D eigenvalue weighted by atomic mass is 10.3. The predicted octanol–water partition coefficient (Wildman–Crippen LogP) is 1.46. The minimum absolute atomic E-state index is 0.348. The molecule has 0 aliphatic heterocycles. The van der Waals surface area contributed by atoms with E-state index in [0.717, 1.165) is 12.5 Å². The molecular weight excluding hydrogens is 160 g/mol. The number of hydrogen-bond donors (Lipinski definition) is 0. The van der Waals surface area contributed by atoms with Crippen molar-refractivity contribution in [3.05, 3.63) is 0 Å². The van der Waals surface area contributed by atoms with Crippen molar-refractivity contribution in [1.82, 2.24) is 4.90 Å². The first-order chi connectivity index (χ1) is 5.22. The second-order valence-corrected chi connectivity index (χ2v) is 3.79. The number of rotatable bonds is 4. The summed E-state index contributed by atoms with van der Waals surface area (Å²) in [5.41, 5.74) is 0. The zero-order valence-corrected chi connectivity index (χ0v) is 7.51. The topological polar surface area (TPSA) is 27.0 Å². The molecule has 1 saturated carbocycles. The van der Waals surface area contributed by atoms with Gasteiger partial charge in [-0.3, -0.25) is 0 Å². The fraction of sp³-hybridized carbons (Fsp3) is 0.875. The normalized spacial score (nSPS) is 19.8. The highest BCUT2D eigenvalue weighted by Gasteiger charge is 2.23. The van der Waals surface area contributed by atoms with Gasteiger partial charge in [-0.25, -0.2) is 0 Å². The highest BCUT2D eigenvalue weighted by molar-refractivity contribution is 6.22. The quantitative estimate of drug-likeness (QED) is 0.601. The Morgan fingerprint density at radius 2 is 2.36 bits per heavy atom. The highest BCUT2D eigenvalue weighted by Crippen LogP contribution is 2.29. The molecule has 0 radical (unpaired) electrons. The fourth-order valence-electron chi connectivity index (χ4n) is 1.13. The lowest BCUT2D eigenvalue weighted by molar-refractivity contribution is 0.330. The van der Waals surface area contributed by atoms with Crippen molar-refractivity contribution >= 4 is 11.6 Å². The van der Waals surface area contributed by atoms with Crippen molar-refractivity contribution in [3.63, 3.8) is 0 Å². The Hall–Kier alpha value is -0.260. The second-order valence-electron chi connectivity index (χ2n) is 3.26. The standard InChI is InChI=1S/C8H13ClN2/c1-11(5-7-2-3-7)6-8(9)4-10/h7-8H,2-3,5-6H2,1H3. The molecule has 1 aliphatic rings. The van der Waals surface area contributed by atoms with Gasteiger partial charge >= 0.3 is 0 Å². The summed E-state index contributed by atoms with van der Waals surface area (Å²) in [6, 6.07) is 2.01. The first-order valence-corrected chi connectivity index (χ1v) is 4.38. The summed E-state index contributed by atoms with van der Waals surface area (Å²) in [5.74, 6) is 0.877. The monoisotopic (exact) mass is 172 g/mol. The largest absolute Gasteiger partial charge is 0.304 e. The third-order valence-electron chi connectivity index (χ3n) is 1.88. The van der Waals surface area contributed by atoms with E-state index in [4.69, 9.17) is 16.9 Å². The Kier molecular flexibility index (Phi) is 3.16. The minimum Gasteiger partial charge on any atom is -0.304 e. The van der Waals surface area contributed by atoms with E-state index in [1.54, 1.807) is 0 Å². The van der Waals surface area contributed by atoms with Gasteiger partial charge in [0.15, 0.2) is 0 Å². The van der Waals surface area contributed by atoms with Gasteiger partial charge in [0.25, 0.3) is 0 Å². The van der Waals surface area contributed by atoms with Crippen LogP contribution >= 0.6 is 11.6 Å². The summed E-state index contributed by atoms with van der Waals surface area (Å²) in [6.07, 6.45) is 2.70. The molecule has 0 amide bonds. The Morgan fingerprint density at radius 3 is 2.82 bits per heavy atom. The van der Waals surface area contributed by atoms with E-state index in [1.165, 1.54) is 12.8 Å². The van der Waals surface area contributed by atoms with Crippen molar-refractivity contribution in [1.29, 1.82) is 5.26 Å². The van der Waals surface area contributed by atoms with Crippen LogP contribution in [0.2, 0.25) is 0 Å². The van der Waals surface area contributed by atoms with E-state index in [1.807, 2.05) is 13.1 Å². The van der Waals surface area contributed by atoms with Crippen LogP contribution in [0.3, 0.4) is 0 Å². The number of hydrogen-bond acceptors (Lipinski definition) is 2. The fourth-order valence-corrected chi connectivity index (χ4v) is 1.37. The van der Waals surface area contributed by atoms with E-state index in [-0.39, 0.29) is 5.38 Å². The smallest absolute Gasteiger partial charge is 0.133 e. The molecule has 0 aromatic heterocycles. The lowest BCUT2D eigenvalue weighted by Gasteiger charge is -2.15. The Bertz CT molecular complexity index is 160. The van der Waals surface area contributed by atoms with Crippen LogP contribution in [0.4, 0.5) is 0 Å². The van der Waals surface area contributed by atoms with Crippen molar-refractivity contribution in [2.24, 2.45) is 5.92 Å². The molecule has 1 atom stereocenters. The summed E-state index contributed by atoms with van der Waals surface area (Å²) in [5, 5.41) is 8.08. The first-order valence-electron chi connectivity index (χ1n) is 3.94. The molecule has 1 fully saturated rings. The van der Waals surface area contributed by atoms with Gasteiger partial charge in [0.2, 0.25) is 0 Å². The lowest BCUT2D eigenvalue weighted by Crippen LogP contribution is -2.27. The number of nitriles is 1. The maximum Gasteiger partial charge on any atom is 0.133 e. The van der Waals surface area contributed by atoms with Crippen LogP contribution in [0, 0.1) is 17.2 Å². The van der Waals surface area contributed by atoms with Gasteiger partial charge in [-0.05, 0) is 25.8 Å². The van der Waals surface area contributed by atoms with Crippen LogP contribution in [0.5, 0.6) is 0 Å². The summed E-state index contributed by atoms with van der Waals surface area (Å²) < 4.78 is 0. The van der Waals surface area contributed by atoms with Gasteiger partial charge in [0.1, 0.15) is 5.38 Å². The molecule has 1 aliphatic carbocycles. The van der Waals surface area contributed by atoms with Gasteiger partial charge in [0, 0.05) is 13.1 Å². The molecule has 62 valence electrons. The summed E-state index contributed by atoms with van der Waals surface area (Å²) in [7, 11) is 2.02. The molecule has 1 unspecified atom stereocenters. The first kappa shape index (κ1) is 8.83. The van der Waals surface area contributed by atoms with Gasteiger partial charge in [0.05, 0.1) is 6.07 Å². The SMILES string of the molecule is CN(CC(Cl)C#N)CC1CC1. The van der Waals surface area contributed by atoms with E-state index in [0.29, 0.717) is 6.54 Å². The molecule has 2 nitrogen and oxygen atoms in total. The molecule has 0 N–H and O–H groups in total. The molecule has 1 rings (SSSR count). The van der Waals surface area contributed by atoms with E-state index in [2.05, 4.69) is 4.90 Å². The molecule has 0 bridgehead atoms. The number of alkyl halides is 1. The molecule has 0 spiro atoms. The molecule has 11 heavy (non-hydrogen) atoms. The van der Waals surface area contributed by atoms with E-state index < -0.39 is 0 Å². The van der Waals surface area contributed by atoms with Crippen molar-refractivity contribution in [3.8, 4) is 6.07 Å². The summed E-state index contributed by atoms with van der Waals surface area (Å²) in [4.78, 5) is 2.14. The Labute approximate surface area is 72.7 Å². The zero-order valence-electron chi connectivity index (χ0n) is 6.76. The molecular formula is C8H13ClN2. The van der Waals surface area contributed by atoms with Crippen LogP contribution < -0.4 is 0 Å². The van der Waals surface area contributed by atoms with Crippen LogP contribution in [0.25, 0.3) is 0 Å². The molecule has 3 heteroatoms. The summed E-state index contributed by atoms with van der Waals surface area (Å²) >= 11 is 5.66. The maximum atomic E-state index is 8.42. The molecule has 0 heterocycles. The summed E-state index contributed by atoms with van der Waals surface area (Å²) in [6.45, 7) is 1.79. The predicted molar refractivity (Wildman–Crippen MR) is 45.5 cm³/mol. The van der Waals surface area contributed by atoms with Crippen LogP contribution in [-0.2, 0) is 0 Å². The number of nitrogens with zero attached hydrogens (tertiary/aromatic N) is 2. The van der Waals surface area contributed by atoms with Crippen molar-refractivity contribution in [2.45, 2.75) is 18.2 Å². The van der Waals surface area contributed by atoms with Crippen molar-refractivity contribution in [2.75, 3.05) is 20.1 Å². The van der Waals surface area contributed by atoms with Crippen LogP contribution in [0.1, 0.15) is 12.8 Å². The van der Waals surface area contributed by atoms with E-state index in [9.17, 15) is 0 Å². The van der Waals surface area contributed by atoms with Crippen LogP contribution in [0.15, 0.2) is 0 Å². The third kappa shape index (κ3) is 3.60. The van der Waals surface area contributed by atoms with Gasteiger partial charge < -0.3 is 4.90 Å². The Morgan fingerprint density at radius 1 is 1.73 bits per heavy atom. The Balaban J connectivity index is 2.09. The average Bonchev–Trinajstić information content (AvgIpc) is 2.71. The maximum absolute atomic E-state index is 8.42. The van der Waals surface area contributed by atoms with Gasteiger partial charge in [-0.2, -0.15) is 5.26 Å².